The van der Waals surface area contributed by atoms with Gasteiger partial charge in [0.2, 0.25) is 0 Å². The molecule has 319 valence electrons. The molecule has 0 unspecified atom stereocenters. The van der Waals surface area contributed by atoms with E-state index in [1.807, 2.05) is 0 Å². The standard InChI is InChI=1S/C52H105O/c1-4-5-6-7-8-9-10-11-12-13-14-15-16-17-18-19-20-23-26-29-32-35-38-41-44-47-50-53-51-48-45-42-39-36-33-30-27-24-21-22-25-28-31-34-37-40-43-46-49-52(2)3/h52H,1,4-51H2,2-3H3. The average molecular weight is 746 g/mol. The lowest BCUT2D eigenvalue weighted by Crippen LogP contribution is -1.97. The molecule has 0 atom stereocenters. The van der Waals surface area contributed by atoms with Crippen molar-refractivity contribution in [3.05, 3.63) is 6.92 Å². The van der Waals surface area contributed by atoms with Gasteiger partial charge < -0.3 is 4.74 Å². The molecule has 1 nitrogen and oxygen atoms in total. The third kappa shape index (κ3) is 52.0. The Balaban J connectivity index is 3.05. The number of ether oxygens (including phenoxy) is 1. The van der Waals surface area contributed by atoms with Gasteiger partial charge in [-0.1, -0.05) is 303 Å². The molecular formula is C52H105O. The molecule has 0 fully saturated rings. The van der Waals surface area contributed by atoms with Crippen molar-refractivity contribution < 1.29 is 4.74 Å². The number of hydrogen-bond acceptors (Lipinski definition) is 1. The van der Waals surface area contributed by atoms with Crippen molar-refractivity contribution in [3.63, 3.8) is 0 Å². The molecule has 0 bridgehead atoms. The Hall–Kier alpha value is -0.0400. The average Bonchev–Trinajstić information content (AvgIpc) is 3.15. The maximum atomic E-state index is 5.93. The minimum atomic E-state index is 0.891. The van der Waals surface area contributed by atoms with E-state index in [9.17, 15) is 0 Å². The summed E-state index contributed by atoms with van der Waals surface area (Å²) in [6.07, 6.45) is 66.4. The fourth-order valence-electron chi connectivity index (χ4n) is 8.31. The highest BCUT2D eigenvalue weighted by Crippen LogP contribution is 2.18. The first kappa shape index (κ1) is 53.0. The first-order valence-corrected chi connectivity index (χ1v) is 25.6. The molecule has 53 heavy (non-hydrogen) atoms. The topological polar surface area (TPSA) is 9.23 Å². The Kier molecular flexibility index (Phi) is 49.9. The molecule has 0 amide bonds. The normalized spacial score (nSPS) is 11.8. The molecule has 0 saturated heterocycles. The van der Waals surface area contributed by atoms with Gasteiger partial charge in [0.25, 0.3) is 0 Å². The smallest absolute Gasteiger partial charge is 0.0466 e. The van der Waals surface area contributed by atoms with Crippen LogP contribution in [0.2, 0.25) is 0 Å². The monoisotopic (exact) mass is 746 g/mol. The van der Waals surface area contributed by atoms with Crippen molar-refractivity contribution in [2.24, 2.45) is 5.92 Å². The van der Waals surface area contributed by atoms with Gasteiger partial charge in [-0.25, -0.2) is 0 Å². The number of hydrogen-bond donors (Lipinski definition) is 0. The molecule has 0 rings (SSSR count). The summed E-state index contributed by atoms with van der Waals surface area (Å²) in [7, 11) is 0. The van der Waals surface area contributed by atoms with Crippen LogP contribution >= 0.6 is 0 Å². The summed E-state index contributed by atoms with van der Waals surface area (Å²) in [5, 5.41) is 0. The van der Waals surface area contributed by atoms with Crippen molar-refractivity contribution in [2.75, 3.05) is 13.2 Å². The van der Waals surface area contributed by atoms with Crippen LogP contribution in [-0.2, 0) is 4.74 Å². The summed E-state index contributed by atoms with van der Waals surface area (Å²) in [6.45, 7) is 10.6. The van der Waals surface area contributed by atoms with Crippen molar-refractivity contribution >= 4 is 0 Å². The zero-order valence-electron chi connectivity index (χ0n) is 37.6. The largest absolute Gasteiger partial charge is 0.381 e. The molecule has 0 spiro atoms. The fraction of sp³-hybridized carbons (Fsp3) is 0.981. The Morgan fingerprint density at radius 1 is 0.245 bits per heavy atom. The summed E-state index contributed by atoms with van der Waals surface area (Å²) >= 11 is 0. The molecule has 0 aliphatic carbocycles. The first-order valence-electron chi connectivity index (χ1n) is 25.6. The highest BCUT2D eigenvalue weighted by molar-refractivity contribution is 4.54. The molecule has 0 N–H and O–H groups in total. The lowest BCUT2D eigenvalue weighted by Gasteiger charge is -2.06. The predicted octanol–water partition coefficient (Wildman–Crippen LogP) is 19.4. The summed E-state index contributed by atoms with van der Waals surface area (Å²) in [4.78, 5) is 0. The second kappa shape index (κ2) is 50.0. The van der Waals surface area contributed by atoms with E-state index in [1.54, 1.807) is 0 Å². The third-order valence-corrected chi connectivity index (χ3v) is 12.1. The fourth-order valence-corrected chi connectivity index (χ4v) is 8.31. The molecule has 0 aromatic carbocycles. The number of rotatable bonds is 49. The van der Waals surface area contributed by atoms with E-state index in [0.29, 0.717) is 0 Å². The van der Waals surface area contributed by atoms with Crippen LogP contribution < -0.4 is 0 Å². The van der Waals surface area contributed by atoms with Gasteiger partial charge in [-0.3, -0.25) is 0 Å². The first-order chi connectivity index (χ1) is 26.3. The quantitative estimate of drug-likeness (QED) is 0.0564. The highest BCUT2D eigenvalue weighted by Gasteiger charge is 1.99. The molecule has 0 aromatic heterocycles. The van der Waals surface area contributed by atoms with E-state index in [2.05, 4.69) is 20.8 Å². The zero-order valence-corrected chi connectivity index (χ0v) is 37.6. The van der Waals surface area contributed by atoms with Crippen LogP contribution in [0.5, 0.6) is 0 Å². The lowest BCUT2D eigenvalue weighted by atomic mass is 10.0. The highest BCUT2D eigenvalue weighted by atomic mass is 16.5. The summed E-state index contributed by atoms with van der Waals surface area (Å²) in [5.41, 5.74) is 0. The van der Waals surface area contributed by atoms with Crippen LogP contribution in [-0.4, -0.2) is 13.2 Å². The van der Waals surface area contributed by atoms with Gasteiger partial charge >= 0.3 is 0 Å². The van der Waals surface area contributed by atoms with Crippen LogP contribution in [0, 0.1) is 12.8 Å². The summed E-state index contributed by atoms with van der Waals surface area (Å²) in [5.74, 6) is 0.891. The Morgan fingerprint density at radius 2 is 0.415 bits per heavy atom. The van der Waals surface area contributed by atoms with Gasteiger partial charge in [0.05, 0.1) is 0 Å². The van der Waals surface area contributed by atoms with Gasteiger partial charge in [-0.15, -0.1) is 0 Å². The molecule has 1 radical (unpaired) electrons. The van der Waals surface area contributed by atoms with E-state index >= 15 is 0 Å². The second-order valence-electron chi connectivity index (χ2n) is 18.2. The molecule has 1 heteroatoms. The minimum Gasteiger partial charge on any atom is -0.381 e. The molecule has 0 heterocycles. The molecule has 0 saturated carbocycles. The maximum absolute atomic E-state index is 5.93. The Bertz CT molecular complexity index is 598. The predicted molar refractivity (Wildman–Crippen MR) is 243 cm³/mol. The van der Waals surface area contributed by atoms with E-state index in [-0.39, 0.29) is 0 Å². The van der Waals surface area contributed by atoms with Crippen LogP contribution in [0.1, 0.15) is 309 Å². The van der Waals surface area contributed by atoms with Crippen LogP contribution in [0.4, 0.5) is 0 Å². The number of unbranched alkanes of at least 4 members (excludes halogenated alkanes) is 43. The second-order valence-corrected chi connectivity index (χ2v) is 18.2. The van der Waals surface area contributed by atoms with Crippen molar-refractivity contribution in [1.82, 2.24) is 0 Å². The Morgan fingerprint density at radius 3 is 0.604 bits per heavy atom. The maximum Gasteiger partial charge on any atom is 0.0466 e. The van der Waals surface area contributed by atoms with Gasteiger partial charge in [0.1, 0.15) is 0 Å². The SMILES string of the molecule is [CH2]CCCCCCCCCCCCCCCCCCCCCCCCCCCOCCCCCCCCCCCCCCCCCCCCCC(C)C. The lowest BCUT2D eigenvalue weighted by molar-refractivity contribution is 0.125. The van der Waals surface area contributed by atoms with Crippen molar-refractivity contribution in [3.8, 4) is 0 Å². The van der Waals surface area contributed by atoms with Crippen LogP contribution in [0.3, 0.4) is 0 Å². The summed E-state index contributed by atoms with van der Waals surface area (Å²) < 4.78 is 5.93. The van der Waals surface area contributed by atoms with Gasteiger partial charge in [-0.2, -0.15) is 0 Å². The van der Waals surface area contributed by atoms with E-state index in [0.717, 1.165) is 25.6 Å². The zero-order chi connectivity index (χ0) is 38.2. The van der Waals surface area contributed by atoms with E-state index in [4.69, 9.17) is 4.74 Å². The third-order valence-electron chi connectivity index (χ3n) is 12.1. The van der Waals surface area contributed by atoms with Crippen molar-refractivity contribution in [2.45, 2.75) is 309 Å². The minimum absolute atomic E-state index is 0.891. The molecule has 0 aliphatic heterocycles. The van der Waals surface area contributed by atoms with Crippen molar-refractivity contribution in [1.29, 1.82) is 0 Å². The summed E-state index contributed by atoms with van der Waals surface area (Å²) in [6, 6.07) is 0. The van der Waals surface area contributed by atoms with E-state index < -0.39 is 0 Å². The molecular weight excluding hydrogens is 641 g/mol. The van der Waals surface area contributed by atoms with E-state index in [1.165, 1.54) is 289 Å². The molecule has 0 aromatic rings. The van der Waals surface area contributed by atoms with Gasteiger partial charge in [0.15, 0.2) is 0 Å². The van der Waals surface area contributed by atoms with Gasteiger partial charge in [0, 0.05) is 13.2 Å². The molecule has 0 aliphatic rings. The van der Waals surface area contributed by atoms with Gasteiger partial charge in [-0.05, 0) is 18.8 Å². The Labute approximate surface area is 338 Å². The van der Waals surface area contributed by atoms with Crippen LogP contribution in [0.25, 0.3) is 0 Å². The van der Waals surface area contributed by atoms with Crippen LogP contribution in [0.15, 0.2) is 0 Å².